The highest BCUT2D eigenvalue weighted by molar-refractivity contribution is 5.92. The lowest BCUT2D eigenvalue weighted by Gasteiger charge is -2.30. The largest absolute Gasteiger partial charge is 0.378 e. The molecule has 2 aromatic rings. The molecule has 0 bridgehead atoms. The van der Waals surface area contributed by atoms with Crippen LogP contribution in [0.25, 0.3) is 0 Å². The highest BCUT2D eigenvalue weighted by atomic mass is 16.2. The summed E-state index contributed by atoms with van der Waals surface area (Å²) in [4.78, 5) is 25.2. The monoisotopic (exact) mass is 339 g/mol. The molecule has 1 N–H and O–H groups in total. The van der Waals surface area contributed by atoms with E-state index in [-0.39, 0.29) is 5.91 Å². The smallest absolute Gasteiger partial charge is 0.272 e. The number of rotatable bonds is 4. The van der Waals surface area contributed by atoms with Crippen LogP contribution in [0.1, 0.15) is 30.3 Å². The van der Waals surface area contributed by atoms with Gasteiger partial charge in [0.15, 0.2) is 0 Å². The summed E-state index contributed by atoms with van der Waals surface area (Å²) >= 11 is 0. The van der Waals surface area contributed by atoms with Crippen molar-refractivity contribution in [1.82, 2.24) is 14.9 Å². The number of likely N-dealkylation sites (tertiary alicyclic amines) is 1. The molecule has 1 aromatic heterocycles. The molecule has 1 saturated heterocycles. The molecule has 0 atom stereocenters. The fourth-order valence-electron chi connectivity index (χ4n) is 2.88. The van der Waals surface area contributed by atoms with E-state index in [2.05, 4.69) is 22.2 Å². The summed E-state index contributed by atoms with van der Waals surface area (Å²) in [7, 11) is 4.00. The number of nitrogens with one attached hydrogen (secondary N) is 1. The molecule has 0 aliphatic carbocycles. The third-order valence-corrected chi connectivity index (χ3v) is 4.59. The predicted octanol–water partition coefficient (Wildman–Crippen LogP) is 3.16. The fraction of sp³-hybridized carbons (Fsp3) is 0.421. The average Bonchev–Trinajstić information content (AvgIpc) is 2.62. The van der Waals surface area contributed by atoms with E-state index < -0.39 is 0 Å². The predicted molar refractivity (Wildman–Crippen MR) is 100 cm³/mol. The number of hydrogen-bond donors (Lipinski definition) is 1. The van der Waals surface area contributed by atoms with Crippen molar-refractivity contribution in [2.75, 3.05) is 37.4 Å². The van der Waals surface area contributed by atoms with Crippen LogP contribution < -0.4 is 10.2 Å². The first-order chi connectivity index (χ1) is 12.0. The van der Waals surface area contributed by atoms with Crippen LogP contribution in [-0.4, -0.2) is 48.0 Å². The van der Waals surface area contributed by atoms with Gasteiger partial charge in [0, 0.05) is 44.8 Å². The molecule has 0 spiro atoms. The third kappa shape index (κ3) is 4.26. The van der Waals surface area contributed by atoms with Crippen LogP contribution in [0.4, 0.5) is 17.3 Å². The summed E-state index contributed by atoms with van der Waals surface area (Å²) in [6.45, 7) is 3.84. The van der Waals surface area contributed by atoms with Gasteiger partial charge in [-0.1, -0.05) is 6.92 Å². The number of piperidine rings is 1. The van der Waals surface area contributed by atoms with E-state index in [0.717, 1.165) is 37.3 Å². The minimum absolute atomic E-state index is 0.0136. The lowest BCUT2D eigenvalue weighted by atomic mass is 9.99. The number of benzene rings is 1. The Morgan fingerprint density at radius 3 is 2.48 bits per heavy atom. The van der Waals surface area contributed by atoms with E-state index in [1.165, 1.54) is 0 Å². The molecule has 1 aromatic carbocycles. The number of amides is 1. The zero-order chi connectivity index (χ0) is 17.8. The second-order valence-electron chi connectivity index (χ2n) is 6.81. The molecule has 2 heterocycles. The molecule has 6 heteroatoms. The van der Waals surface area contributed by atoms with Crippen LogP contribution >= 0.6 is 0 Å². The molecule has 0 unspecified atom stereocenters. The molecule has 3 rings (SSSR count). The highest BCUT2D eigenvalue weighted by Gasteiger charge is 2.22. The van der Waals surface area contributed by atoms with Gasteiger partial charge in [-0.3, -0.25) is 4.79 Å². The van der Waals surface area contributed by atoms with Gasteiger partial charge in [0.05, 0.1) is 0 Å². The van der Waals surface area contributed by atoms with Gasteiger partial charge >= 0.3 is 0 Å². The number of anilines is 3. The van der Waals surface area contributed by atoms with Gasteiger partial charge in [0.2, 0.25) is 5.95 Å². The average molecular weight is 339 g/mol. The van der Waals surface area contributed by atoms with Crippen LogP contribution in [0.2, 0.25) is 0 Å². The molecule has 25 heavy (non-hydrogen) atoms. The molecule has 1 aliphatic rings. The Hall–Kier alpha value is -2.63. The number of hydrogen-bond acceptors (Lipinski definition) is 5. The summed E-state index contributed by atoms with van der Waals surface area (Å²) in [5.41, 5.74) is 2.45. The van der Waals surface area contributed by atoms with Crippen LogP contribution in [0, 0.1) is 5.92 Å². The van der Waals surface area contributed by atoms with E-state index in [0.29, 0.717) is 17.6 Å². The zero-order valence-corrected chi connectivity index (χ0v) is 15.1. The van der Waals surface area contributed by atoms with Gasteiger partial charge in [0.1, 0.15) is 5.69 Å². The summed E-state index contributed by atoms with van der Waals surface area (Å²) in [6, 6.07) is 9.66. The maximum atomic E-state index is 12.6. The standard InChI is InChI=1S/C19H25N5O/c1-14-9-12-24(13-10-14)18(25)17-8-11-20-19(22-17)21-15-4-6-16(7-5-15)23(2)3/h4-8,11,14H,9-10,12-13H2,1-3H3,(H,20,21,22). The van der Waals surface area contributed by atoms with Crippen LogP contribution in [0.5, 0.6) is 0 Å². The molecule has 0 saturated carbocycles. The third-order valence-electron chi connectivity index (χ3n) is 4.59. The minimum Gasteiger partial charge on any atom is -0.378 e. The first-order valence-electron chi connectivity index (χ1n) is 8.69. The van der Waals surface area contributed by atoms with Crippen molar-refractivity contribution in [3.05, 3.63) is 42.2 Å². The molecule has 6 nitrogen and oxygen atoms in total. The van der Waals surface area contributed by atoms with Crippen LogP contribution in [0.15, 0.2) is 36.5 Å². The Bertz CT molecular complexity index is 721. The van der Waals surface area contributed by atoms with Crippen molar-refractivity contribution in [3.63, 3.8) is 0 Å². The first-order valence-corrected chi connectivity index (χ1v) is 8.69. The van der Waals surface area contributed by atoms with Gasteiger partial charge in [-0.15, -0.1) is 0 Å². The summed E-state index contributed by atoms with van der Waals surface area (Å²) in [5, 5.41) is 3.16. The Kier molecular flexibility index (Phi) is 5.16. The molecular formula is C19H25N5O. The Balaban J connectivity index is 1.69. The maximum absolute atomic E-state index is 12.6. The normalized spacial score (nSPS) is 15.1. The topological polar surface area (TPSA) is 61.4 Å². The molecule has 1 aliphatic heterocycles. The van der Waals surface area contributed by atoms with Crippen LogP contribution in [0.3, 0.4) is 0 Å². The summed E-state index contributed by atoms with van der Waals surface area (Å²) in [5.74, 6) is 1.12. The second-order valence-corrected chi connectivity index (χ2v) is 6.81. The van der Waals surface area contributed by atoms with Gasteiger partial charge < -0.3 is 15.1 Å². The quantitative estimate of drug-likeness (QED) is 0.927. The molecule has 1 fully saturated rings. The van der Waals surface area contributed by atoms with Crippen molar-refractivity contribution in [2.24, 2.45) is 5.92 Å². The van der Waals surface area contributed by atoms with Crippen molar-refractivity contribution in [1.29, 1.82) is 0 Å². The van der Waals surface area contributed by atoms with Gasteiger partial charge in [0.25, 0.3) is 5.91 Å². The van der Waals surface area contributed by atoms with Gasteiger partial charge in [-0.05, 0) is 49.1 Å². The van der Waals surface area contributed by atoms with E-state index in [9.17, 15) is 4.79 Å². The van der Waals surface area contributed by atoms with E-state index in [1.807, 2.05) is 48.2 Å². The van der Waals surface area contributed by atoms with Gasteiger partial charge in [-0.25, -0.2) is 9.97 Å². The van der Waals surface area contributed by atoms with Gasteiger partial charge in [-0.2, -0.15) is 0 Å². The lowest BCUT2D eigenvalue weighted by molar-refractivity contribution is 0.0691. The second kappa shape index (κ2) is 7.51. The number of aromatic nitrogens is 2. The molecular weight excluding hydrogens is 314 g/mol. The van der Waals surface area contributed by atoms with E-state index in [4.69, 9.17) is 0 Å². The molecule has 0 radical (unpaired) electrons. The number of nitrogens with zero attached hydrogens (tertiary/aromatic N) is 4. The van der Waals surface area contributed by atoms with E-state index in [1.54, 1.807) is 12.3 Å². The molecule has 1 amide bonds. The Morgan fingerprint density at radius 1 is 1.16 bits per heavy atom. The van der Waals surface area contributed by atoms with Crippen molar-refractivity contribution < 1.29 is 4.79 Å². The summed E-state index contributed by atoms with van der Waals surface area (Å²) < 4.78 is 0. The minimum atomic E-state index is -0.0136. The fourth-order valence-corrected chi connectivity index (χ4v) is 2.88. The van der Waals surface area contributed by atoms with Crippen molar-refractivity contribution in [3.8, 4) is 0 Å². The first kappa shape index (κ1) is 17.2. The molecule has 132 valence electrons. The van der Waals surface area contributed by atoms with Crippen molar-refractivity contribution >= 4 is 23.2 Å². The van der Waals surface area contributed by atoms with Crippen molar-refractivity contribution in [2.45, 2.75) is 19.8 Å². The highest BCUT2D eigenvalue weighted by Crippen LogP contribution is 2.20. The maximum Gasteiger partial charge on any atom is 0.272 e. The van der Waals surface area contributed by atoms with Crippen LogP contribution in [-0.2, 0) is 0 Å². The van der Waals surface area contributed by atoms with E-state index >= 15 is 0 Å². The Morgan fingerprint density at radius 2 is 1.84 bits per heavy atom. The number of carbonyl (C=O) groups is 1. The number of carbonyl (C=O) groups excluding carboxylic acids is 1. The zero-order valence-electron chi connectivity index (χ0n) is 15.1. The SMILES string of the molecule is CC1CCN(C(=O)c2ccnc(Nc3ccc(N(C)C)cc3)n2)CC1. The lowest BCUT2D eigenvalue weighted by Crippen LogP contribution is -2.38. The Labute approximate surface area is 148 Å². The summed E-state index contributed by atoms with van der Waals surface area (Å²) in [6.07, 6.45) is 3.74.